The minimum absolute atomic E-state index is 0.802. The van der Waals surface area contributed by atoms with Crippen LogP contribution in [0.5, 0.6) is 0 Å². The van der Waals surface area contributed by atoms with Gasteiger partial charge in [0, 0.05) is 32.8 Å². The maximum absolute atomic E-state index is 5.33. The van der Waals surface area contributed by atoms with Gasteiger partial charge in [-0.1, -0.05) is 0 Å². The van der Waals surface area contributed by atoms with Crippen LogP contribution >= 0.6 is 12.2 Å². The Kier molecular flexibility index (Phi) is 6.68. The number of nitrogens with zero attached hydrogens (tertiary/aromatic N) is 1. The van der Waals surface area contributed by atoms with Gasteiger partial charge in [0.2, 0.25) is 0 Å². The van der Waals surface area contributed by atoms with E-state index in [1.54, 1.807) is 0 Å². The van der Waals surface area contributed by atoms with Gasteiger partial charge >= 0.3 is 0 Å². The monoisotopic (exact) mass is 230 g/mol. The summed E-state index contributed by atoms with van der Waals surface area (Å²) in [4.78, 5) is 2.28. The smallest absolute Gasteiger partial charge is 0.168 e. The second kappa shape index (κ2) is 7.88. The highest BCUT2D eigenvalue weighted by molar-refractivity contribution is 7.80. The molecule has 1 aliphatic heterocycles. The molecule has 3 nitrogen and oxygen atoms in total. The molecule has 15 heavy (non-hydrogen) atoms. The first-order valence-electron chi connectivity index (χ1n) is 5.95. The van der Waals surface area contributed by atoms with Gasteiger partial charge in [0.05, 0.1) is 0 Å². The standard InChI is InChI=1S/C11H22N2OS/c1-2-14-10-6-7-12-11(15)13-8-4-3-5-9-13/h2-10H2,1H3,(H,12,15). The number of hydrogen-bond acceptors (Lipinski definition) is 2. The number of nitrogens with one attached hydrogen (secondary N) is 1. The molecule has 0 saturated carbocycles. The molecule has 1 fully saturated rings. The molecule has 4 heteroatoms. The second-order valence-corrected chi connectivity index (χ2v) is 4.22. The van der Waals surface area contributed by atoms with Crippen LogP contribution in [0.2, 0.25) is 0 Å². The number of hydrogen-bond donors (Lipinski definition) is 1. The molecule has 1 heterocycles. The largest absolute Gasteiger partial charge is 0.382 e. The molecular weight excluding hydrogens is 208 g/mol. The lowest BCUT2D eigenvalue weighted by Gasteiger charge is -2.29. The van der Waals surface area contributed by atoms with Crippen LogP contribution in [0.3, 0.4) is 0 Å². The fourth-order valence-corrected chi connectivity index (χ4v) is 2.01. The van der Waals surface area contributed by atoms with Crippen LogP contribution in [0.4, 0.5) is 0 Å². The fraction of sp³-hybridized carbons (Fsp3) is 0.909. The van der Waals surface area contributed by atoms with E-state index in [9.17, 15) is 0 Å². The highest BCUT2D eigenvalue weighted by Gasteiger charge is 2.12. The average molecular weight is 230 g/mol. The average Bonchev–Trinajstić information content (AvgIpc) is 2.30. The highest BCUT2D eigenvalue weighted by Crippen LogP contribution is 2.08. The molecule has 1 aliphatic rings. The van der Waals surface area contributed by atoms with Gasteiger partial charge in [0.25, 0.3) is 0 Å². The van der Waals surface area contributed by atoms with E-state index in [0.717, 1.165) is 44.4 Å². The lowest BCUT2D eigenvalue weighted by atomic mass is 10.1. The zero-order valence-electron chi connectivity index (χ0n) is 9.63. The maximum Gasteiger partial charge on any atom is 0.168 e. The summed E-state index contributed by atoms with van der Waals surface area (Å²) in [6.45, 7) is 6.82. The van der Waals surface area contributed by atoms with Crippen molar-refractivity contribution in [3.05, 3.63) is 0 Å². The first-order valence-corrected chi connectivity index (χ1v) is 6.36. The molecule has 1 saturated heterocycles. The van der Waals surface area contributed by atoms with E-state index in [4.69, 9.17) is 17.0 Å². The SMILES string of the molecule is CCOCCCNC(=S)N1CCCCC1. The molecule has 0 aliphatic carbocycles. The summed E-state index contributed by atoms with van der Waals surface area (Å²) in [5, 5.41) is 4.21. The number of thiocarbonyl (C=S) groups is 1. The van der Waals surface area contributed by atoms with Crippen LogP contribution in [0, 0.1) is 0 Å². The van der Waals surface area contributed by atoms with Gasteiger partial charge in [0.15, 0.2) is 5.11 Å². The fourth-order valence-electron chi connectivity index (χ4n) is 1.72. The summed E-state index contributed by atoms with van der Waals surface area (Å²) < 4.78 is 5.26. The molecule has 0 aromatic rings. The van der Waals surface area contributed by atoms with Gasteiger partial charge in [-0.05, 0) is 44.8 Å². The van der Waals surface area contributed by atoms with Gasteiger partial charge in [-0.15, -0.1) is 0 Å². The zero-order valence-corrected chi connectivity index (χ0v) is 10.4. The number of rotatable bonds is 5. The van der Waals surface area contributed by atoms with Crippen molar-refractivity contribution in [2.24, 2.45) is 0 Å². The van der Waals surface area contributed by atoms with Gasteiger partial charge < -0.3 is 15.0 Å². The Morgan fingerprint density at radius 1 is 1.33 bits per heavy atom. The molecular formula is C11H22N2OS. The minimum atomic E-state index is 0.802. The van der Waals surface area contributed by atoms with Crippen LogP contribution in [0.25, 0.3) is 0 Å². The summed E-state index contributed by atoms with van der Waals surface area (Å²) >= 11 is 5.33. The van der Waals surface area contributed by atoms with Crippen LogP contribution in [-0.4, -0.2) is 42.9 Å². The molecule has 0 atom stereocenters. The van der Waals surface area contributed by atoms with Crippen LogP contribution in [-0.2, 0) is 4.74 Å². The molecule has 1 rings (SSSR count). The number of piperidine rings is 1. The lowest BCUT2D eigenvalue weighted by molar-refractivity contribution is 0.145. The Balaban J connectivity index is 2.02. The van der Waals surface area contributed by atoms with Crippen molar-refractivity contribution in [3.63, 3.8) is 0 Å². The summed E-state index contributed by atoms with van der Waals surface area (Å²) in [6, 6.07) is 0. The van der Waals surface area contributed by atoms with Crippen molar-refractivity contribution in [2.75, 3.05) is 32.8 Å². The van der Waals surface area contributed by atoms with Crippen molar-refractivity contribution in [3.8, 4) is 0 Å². The molecule has 0 radical (unpaired) electrons. The predicted molar refractivity (Wildman–Crippen MR) is 67.1 cm³/mol. The topological polar surface area (TPSA) is 24.5 Å². The molecule has 0 aromatic carbocycles. The van der Waals surface area contributed by atoms with Crippen molar-refractivity contribution >= 4 is 17.3 Å². The molecule has 0 unspecified atom stereocenters. The van der Waals surface area contributed by atoms with Crippen LogP contribution in [0.1, 0.15) is 32.6 Å². The molecule has 0 spiro atoms. The Morgan fingerprint density at radius 2 is 2.07 bits per heavy atom. The van der Waals surface area contributed by atoms with E-state index in [-0.39, 0.29) is 0 Å². The molecule has 0 bridgehead atoms. The van der Waals surface area contributed by atoms with Gasteiger partial charge in [0.1, 0.15) is 0 Å². The van der Waals surface area contributed by atoms with Gasteiger partial charge in [-0.3, -0.25) is 0 Å². The third-order valence-electron chi connectivity index (χ3n) is 2.59. The summed E-state index contributed by atoms with van der Waals surface area (Å²) in [6.07, 6.45) is 4.94. The van der Waals surface area contributed by atoms with E-state index in [1.807, 2.05) is 6.92 Å². The maximum atomic E-state index is 5.33. The van der Waals surface area contributed by atoms with Crippen molar-refractivity contribution in [2.45, 2.75) is 32.6 Å². The van der Waals surface area contributed by atoms with Crippen LogP contribution in [0.15, 0.2) is 0 Å². The summed E-state index contributed by atoms with van der Waals surface area (Å²) in [5.41, 5.74) is 0. The van der Waals surface area contributed by atoms with E-state index in [2.05, 4.69) is 10.2 Å². The van der Waals surface area contributed by atoms with Gasteiger partial charge in [-0.2, -0.15) is 0 Å². The molecule has 0 amide bonds. The first kappa shape index (κ1) is 12.7. The van der Waals surface area contributed by atoms with E-state index >= 15 is 0 Å². The van der Waals surface area contributed by atoms with Crippen LogP contribution < -0.4 is 5.32 Å². The van der Waals surface area contributed by atoms with Crippen molar-refractivity contribution in [1.29, 1.82) is 0 Å². The third-order valence-corrected chi connectivity index (χ3v) is 2.99. The van der Waals surface area contributed by atoms with E-state index in [0.29, 0.717) is 0 Å². The number of likely N-dealkylation sites (tertiary alicyclic amines) is 1. The molecule has 0 aromatic heterocycles. The normalized spacial score (nSPS) is 16.5. The van der Waals surface area contributed by atoms with E-state index in [1.165, 1.54) is 19.3 Å². The van der Waals surface area contributed by atoms with Crippen molar-refractivity contribution in [1.82, 2.24) is 10.2 Å². The quantitative estimate of drug-likeness (QED) is 0.575. The Labute approximate surface area is 98.2 Å². The van der Waals surface area contributed by atoms with Crippen molar-refractivity contribution < 1.29 is 4.74 Å². The second-order valence-electron chi connectivity index (χ2n) is 3.83. The Morgan fingerprint density at radius 3 is 2.73 bits per heavy atom. The van der Waals surface area contributed by atoms with Gasteiger partial charge in [-0.25, -0.2) is 0 Å². The first-order chi connectivity index (χ1) is 7.34. The minimum Gasteiger partial charge on any atom is -0.382 e. The summed E-state index contributed by atoms with van der Waals surface area (Å²) in [7, 11) is 0. The number of ether oxygens (including phenoxy) is 1. The molecule has 1 N–H and O–H groups in total. The zero-order chi connectivity index (χ0) is 10.9. The predicted octanol–water partition coefficient (Wildman–Crippen LogP) is 1.77. The Hall–Kier alpha value is -0.350. The third kappa shape index (κ3) is 5.33. The lowest BCUT2D eigenvalue weighted by Crippen LogP contribution is -2.43. The molecule has 88 valence electrons. The summed E-state index contributed by atoms with van der Waals surface area (Å²) in [5.74, 6) is 0. The van der Waals surface area contributed by atoms with E-state index < -0.39 is 0 Å². The Bertz CT molecular complexity index is 181. The highest BCUT2D eigenvalue weighted by atomic mass is 32.1.